The minimum atomic E-state index is 0.857. The minimum Gasteiger partial charge on any atom is -0.456 e. The molecule has 3 aromatic heterocycles. The van der Waals surface area contributed by atoms with E-state index in [9.17, 15) is 0 Å². The zero-order valence-corrected chi connectivity index (χ0v) is 37.5. The summed E-state index contributed by atoms with van der Waals surface area (Å²) in [5.41, 5.74) is 16.2. The van der Waals surface area contributed by atoms with Crippen molar-refractivity contribution >= 4 is 103 Å². The van der Waals surface area contributed by atoms with E-state index in [1.165, 1.54) is 48.0 Å². The lowest BCUT2D eigenvalue weighted by Gasteiger charge is -2.27. The van der Waals surface area contributed by atoms with E-state index in [0.717, 1.165) is 88.4 Å². The summed E-state index contributed by atoms with van der Waals surface area (Å²) in [5, 5.41) is 9.09. The van der Waals surface area contributed by atoms with Crippen LogP contribution in [0, 0.1) is 0 Å². The van der Waals surface area contributed by atoms with Crippen LogP contribution in [-0.4, -0.2) is 0 Å². The number of hydrogen-bond donors (Lipinski definition) is 0. The summed E-state index contributed by atoms with van der Waals surface area (Å²) in [6.07, 6.45) is 0. The number of benzene rings is 11. The fourth-order valence-electron chi connectivity index (χ4n) is 10.3. The molecule has 0 fully saturated rings. The summed E-state index contributed by atoms with van der Waals surface area (Å²) >= 11 is 1.85. The molecule has 4 heteroatoms. The quantitative estimate of drug-likeness (QED) is 0.160. The Morgan fingerprint density at radius 1 is 0.309 bits per heavy atom. The molecular weight excluding hydrogens is 847 g/mol. The van der Waals surface area contributed by atoms with Gasteiger partial charge in [-0.15, -0.1) is 11.3 Å². The second-order valence-electron chi connectivity index (χ2n) is 17.6. The van der Waals surface area contributed by atoms with Crippen LogP contribution in [0.5, 0.6) is 0 Å². The van der Waals surface area contributed by atoms with Gasteiger partial charge in [0.2, 0.25) is 0 Å². The normalized spacial score (nSPS) is 11.8. The van der Waals surface area contributed by atoms with E-state index >= 15 is 0 Å². The van der Waals surface area contributed by atoms with Crippen molar-refractivity contribution in [3.05, 3.63) is 237 Å². The van der Waals surface area contributed by atoms with E-state index in [2.05, 4.69) is 229 Å². The maximum absolute atomic E-state index is 7.00. The number of furan rings is 2. The van der Waals surface area contributed by atoms with Crippen LogP contribution in [0.3, 0.4) is 0 Å². The Hall–Kier alpha value is -8.70. The van der Waals surface area contributed by atoms with Crippen molar-refractivity contribution in [2.45, 2.75) is 0 Å². The third-order valence-electron chi connectivity index (χ3n) is 13.7. The molecule has 0 saturated heterocycles. The maximum Gasteiger partial charge on any atom is 0.145 e. The summed E-state index contributed by atoms with van der Waals surface area (Å²) in [4.78, 5) is 2.45. The molecule has 0 aliphatic carbocycles. The molecule has 14 aromatic rings. The Morgan fingerprint density at radius 2 is 0.824 bits per heavy atom. The molecule has 0 aliphatic heterocycles. The summed E-state index contributed by atoms with van der Waals surface area (Å²) in [5.74, 6) is 0. The number of para-hydroxylation sites is 1. The van der Waals surface area contributed by atoms with E-state index in [0.29, 0.717) is 0 Å². The molecule has 3 heterocycles. The Labute approximate surface area is 396 Å². The van der Waals surface area contributed by atoms with Crippen molar-refractivity contribution in [2.24, 2.45) is 0 Å². The highest BCUT2D eigenvalue weighted by molar-refractivity contribution is 7.26. The molecule has 0 aliphatic rings. The molecule has 0 amide bonds. The summed E-state index contributed by atoms with van der Waals surface area (Å²) in [7, 11) is 0. The van der Waals surface area contributed by atoms with E-state index in [4.69, 9.17) is 8.83 Å². The van der Waals surface area contributed by atoms with Crippen LogP contribution >= 0.6 is 11.3 Å². The zero-order valence-electron chi connectivity index (χ0n) is 36.7. The molecule has 3 nitrogen and oxygen atoms in total. The first-order valence-electron chi connectivity index (χ1n) is 23.0. The SMILES string of the molecule is c1ccc(-c2ccc(-c3ccc(N(c4cccc5c4sc4ccc(-c6ccccc6)cc45)c4cccc5ccc6c7cc(-c8ccc9oc%10ccccc%10c9c8)ccc7oc6c45)cc3)cc2)cc1. The largest absolute Gasteiger partial charge is 0.456 e. The standard InChI is InChI=1S/C64H39NO2S/c1-3-11-40(12-4-1)42-21-23-43(24-22-42)44-25-31-49(32-26-44)65(57-19-10-17-52-55-39-46(41-13-5-2-6-14-41)30-36-61(55)68-64(52)57)56-18-9-15-45-27-33-51-54-38-48(29-35-60(54)67-63(51)62(45)56)47-28-34-59-53(37-47)50-16-7-8-20-58(50)66-59/h1-39H. The van der Waals surface area contributed by atoms with Gasteiger partial charge in [0.15, 0.2) is 0 Å². The molecule has 14 rings (SSSR count). The van der Waals surface area contributed by atoms with Gasteiger partial charge in [0.1, 0.15) is 22.3 Å². The maximum atomic E-state index is 7.00. The van der Waals surface area contributed by atoms with Gasteiger partial charge >= 0.3 is 0 Å². The molecule has 68 heavy (non-hydrogen) atoms. The average Bonchev–Trinajstić information content (AvgIpc) is 4.10. The molecule has 0 saturated carbocycles. The van der Waals surface area contributed by atoms with Gasteiger partial charge in [-0.2, -0.15) is 0 Å². The van der Waals surface area contributed by atoms with E-state index in [1.54, 1.807) is 0 Å². The Morgan fingerprint density at radius 3 is 1.56 bits per heavy atom. The Bertz CT molecular complexity index is 4240. The van der Waals surface area contributed by atoms with Crippen LogP contribution < -0.4 is 4.90 Å². The van der Waals surface area contributed by atoms with Crippen LogP contribution in [0.2, 0.25) is 0 Å². The van der Waals surface area contributed by atoms with Crippen LogP contribution in [0.4, 0.5) is 17.1 Å². The Kier molecular flexibility index (Phi) is 8.76. The predicted octanol–water partition coefficient (Wildman–Crippen LogP) is 19.1. The van der Waals surface area contributed by atoms with Gasteiger partial charge in [-0.05, 0) is 123 Å². The smallest absolute Gasteiger partial charge is 0.145 e. The van der Waals surface area contributed by atoms with Gasteiger partial charge in [0.05, 0.1) is 16.1 Å². The molecule has 0 N–H and O–H groups in total. The zero-order chi connectivity index (χ0) is 44.7. The van der Waals surface area contributed by atoms with Gasteiger partial charge in [-0.25, -0.2) is 0 Å². The first kappa shape index (κ1) is 38.6. The molecular formula is C64H39NO2S. The fourth-order valence-corrected chi connectivity index (χ4v) is 11.5. The fraction of sp³-hybridized carbons (Fsp3) is 0. The second kappa shape index (κ2) is 15.5. The van der Waals surface area contributed by atoms with Gasteiger partial charge in [0, 0.05) is 48.1 Å². The lowest BCUT2D eigenvalue weighted by Crippen LogP contribution is -2.10. The van der Waals surface area contributed by atoms with Crippen molar-refractivity contribution in [1.82, 2.24) is 0 Å². The summed E-state index contributed by atoms with van der Waals surface area (Å²) < 4.78 is 15.7. The minimum absolute atomic E-state index is 0.857. The molecule has 0 atom stereocenters. The number of nitrogens with zero attached hydrogens (tertiary/aromatic N) is 1. The van der Waals surface area contributed by atoms with Gasteiger partial charge in [-0.1, -0.05) is 164 Å². The van der Waals surface area contributed by atoms with Crippen molar-refractivity contribution < 1.29 is 8.83 Å². The van der Waals surface area contributed by atoms with Crippen LogP contribution in [-0.2, 0) is 0 Å². The number of anilines is 3. The molecule has 0 unspecified atom stereocenters. The number of rotatable bonds is 7. The van der Waals surface area contributed by atoms with Gasteiger partial charge in [0.25, 0.3) is 0 Å². The summed E-state index contributed by atoms with van der Waals surface area (Å²) in [6.45, 7) is 0. The van der Waals surface area contributed by atoms with Crippen molar-refractivity contribution in [3.8, 4) is 44.5 Å². The van der Waals surface area contributed by atoms with Crippen LogP contribution in [0.15, 0.2) is 245 Å². The molecule has 0 spiro atoms. The first-order chi connectivity index (χ1) is 33.7. The Balaban J connectivity index is 0.944. The van der Waals surface area contributed by atoms with Gasteiger partial charge < -0.3 is 13.7 Å². The van der Waals surface area contributed by atoms with Gasteiger partial charge in [-0.3, -0.25) is 0 Å². The molecule has 0 radical (unpaired) electrons. The molecule has 0 bridgehead atoms. The number of fused-ring (bicyclic) bond motifs is 11. The van der Waals surface area contributed by atoms with Crippen LogP contribution in [0.25, 0.3) is 119 Å². The van der Waals surface area contributed by atoms with E-state index in [-0.39, 0.29) is 0 Å². The third-order valence-corrected chi connectivity index (χ3v) is 14.9. The highest BCUT2D eigenvalue weighted by Crippen LogP contribution is 2.49. The van der Waals surface area contributed by atoms with E-state index in [1.807, 2.05) is 23.5 Å². The second-order valence-corrected chi connectivity index (χ2v) is 18.7. The monoisotopic (exact) mass is 885 g/mol. The lowest BCUT2D eigenvalue weighted by atomic mass is 9.99. The molecule has 318 valence electrons. The van der Waals surface area contributed by atoms with Crippen molar-refractivity contribution in [1.29, 1.82) is 0 Å². The summed E-state index contributed by atoms with van der Waals surface area (Å²) in [6, 6.07) is 85.2. The third kappa shape index (κ3) is 6.26. The van der Waals surface area contributed by atoms with E-state index < -0.39 is 0 Å². The first-order valence-corrected chi connectivity index (χ1v) is 23.9. The van der Waals surface area contributed by atoms with Crippen LogP contribution in [0.1, 0.15) is 0 Å². The predicted molar refractivity (Wildman–Crippen MR) is 288 cm³/mol. The number of hydrogen-bond acceptors (Lipinski definition) is 4. The number of thiophene rings is 1. The van der Waals surface area contributed by atoms with Crippen molar-refractivity contribution in [3.63, 3.8) is 0 Å². The highest BCUT2D eigenvalue weighted by Gasteiger charge is 2.23. The highest BCUT2D eigenvalue weighted by atomic mass is 32.1. The topological polar surface area (TPSA) is 29.5 Å². The molecule has 11 aromatic carbocycles. The van der Waals surface area contributed by atoms with Crippen molar-refractivity contribution in [2.75, 3.05) is 4.90 Å². The lowest BCUT2D eigenvalue weighted by molar-refractivity contribution is 0.669. The average molecular weight is 886 g/mol.